The summed E-state index contributed by atoms with van der Waals surface area (Å²) < 4.78 is 14.1. The van der Waals surface area contributed by atoms with Crippen LogP contribution in [0.5, 0.6) is 0 Å². The fraction of sp³-hybridized carbons (Fsp3) is 0.577. The molecule has 1 amide bonds. The van der Waals surface area contributed by atoms with E-state index in [9.17, 15) is 14.7 Å². The van der Waals surface area contributed by atoms with Gasteiger partial charge in [-0.25, -0.2) is 9.78 Å². The van der Waals surface area contributed by atoms with Crippen LogP contribution >= 0.6 is 32.9 Å². The molecule has 1 aromatic heterocycles. The minimum Gasteiger partial charge on any atom is -0.510 e. The van der Waals surface area contributed by atoms with Crippen LogP contribution in [0.25, 0.3) is 10.2 Å². The van der Waals surface area contributed by atoms with Gasteiger partial charge in [-0.3, -0.25) is 9.69 Å². The number of aliphatic hydroxyl groups is 1. The van der Waals surface area contributed by atoms with Gasteiger partial charge in [0.25, 0.3) is 0 Å². The molecule has 2 unspecified atom stereocenters. The van der Waals surface area contributed by atoms with E-state index in [1.807, 2.05) is 31.2 Å². The van der Waals surface area contributed by atoms with Crippen molar-refractivity contribution in [3.63, 3.8) is 0 Å². The normalized spacial score (nSPS) is 21.1. The number of benzene rings is 1. The monoisotopic (exact) mass is 582 g/mol. The highest BCUT2D eigenvalue weighted by Gasteiger charge is 2.63. The maximum absolute atomic E-state index is 13.9. The van der Waals surface area contributed by atoms with Gasteiger partial charge in [0.05, 0.1) is 21.7 Å². The van der Waals surface area contributed by atoms with Gasteiger partial charge in [0, 0.05) is 0 Å². The molecule has 1 saturated heterocycles. The Labute approximate surface area is 233 Å². The van der Waals surface area contributed by atoms with Gasteiger partial charge in [-0.05, 0) is 76.1 Å². The molecule has 1 fully saturated rings. The SMILES string of the molecule is C/C(O)=C(/C(=O)OC(C)(C)C)N1C(=O)C([C@](C)(O[SiH](C)C)C(C)(C)C)C1SSc1nc2ccccc2s1. The van der Waals surface area contributed by atoms with E-state index in [1.54, 1.807) is 32.1 Å². The summed E-state index contributed by atoms with van der Waals surface area (Å²) in [7, 11) is 1.37. The molecule has 1 aliphatic rings. The van der Waals surface area contributed by atoms with Gasteiger partial charge in [0.1, 0.15) is 16.7 Å². The first-order valence-electron chi connectivity index (χ1n) is 12.3. The standard InChI is InChI=1S/C26H38N2O5S3Si/c1-15(29)19(22(31)32-25(5,6)7)28-20(30)18(26(8,24(2,3)4)33-37(9)10)21(28)35-36-23-27-16-13-11-12-14-17(16)34-23/h11-14,18,21,29,37H,1-10H3/b19-15+/t18?,21?,26-/m0/s1. The number of hydrogen-bond donors (Lipinski definition) is 1. The zero-order valence-corrected chi connectivity index (χ0v) is 26.8. The third kappa shape index (κ3) is 6.38. The Bertz CT molecular complexity index is 1160. The van der Waals surface area contributed by atoms with Gasteiger partial charge in [-0.1, -0.05) is 43.7 Å². The van der Waals surface area contributed by atoms with Gasteiger partial charge in [0.15, 0.2) is 19.1 Å². The van der Waals surface area contributed by atoms with Gasteiger partial charge in [-0.2, -0.15) is 0 Å². The zero-order chi connectivity index (χ0) is 27.9. The molecular weight excluding hydrogens is 545 g/mol. The first kappa shape index (κ1) is 30.0. The minimum absolute atomic E-state index is 0.128. The number of likely N-dealkylation sites (tertiary alicyclic amines) is 1. The molecule has 2 aromatic rings. The Kier molecular flexibility index (Phi) is 8.86. The second-order valence-corrected chi connectivity index (χ2v) is 17.6. The number of allylic oxidation sites excluding steroid dienone is 1. The number of carbonyl (C=O) groups excluding carboxylic acids is 2. The number of β-lactam (4-membered cyclic amide) rings is 1. The topological polar surface area (TPSA) is 89.0 Å². The Balaban J connectivity index is 2.02. The Hall–Kier alpha value is -1.53. The molecule has 1 N–H and O–H groups in total. The summed E-state index contributed by atoms with van der Waals surface area (Å²) in [5.74, 6) is -1.78. The van der Waals surface area contributed by atoms with E-state index >= 15 is 0 Å². The van der Waals surface area contributed by atoms with Crippen LogP contribution in [0.3, 0.4) is 0 Å². The van der Waals surface area contributed by atoms with Crippen molar-refractivity contribution in [1.82, 2.24) is 9.88 Å². The quantitative estimate of drug-likeness (QED) is 0.0912. The summed E-state index contributed by atoms with van der Waals surface area (Å²) in [4.78, 5) is 33.1. The maximum atomic E-state index is 13.9. The number of ether oxygens (including phenoxy) is 1. The Morgan fingerprint density at radius 1 is 1.14 bits per heavy atom. The number of aromatic nitrogens is 1. The lowest BCUT2D eigenvalue weighted by Gasteiger charge is -2.58. The number of rotatable bonds is 8. The molecular formula is C26H38N2O5S3Si. The molecule has 3 rings (SSSR count). The van der Waals surface area contributed by atoms with Gasteiger partial charge >= 0.3 is 5.97 Å². The lowest BCUT2D eigenvalue weighted by Crippen LogP contribution is -2.70. The lowest BCUT2D eigenvalue weighted by molar-refractivity contribution is -0.177. The summed E-state index contributed by atoms with van der Waals surface area (Å²) in [6.07, 6.45) is 0. The van der Waals surface area contributed by atoms with Crippen molar-refractivity contribution in [1.29, 1.82) is 0 Å². The van der Waals surface area contributed by atoms with Crippen LogP contribution < -0.4 is 0 Å². The average molecular weight is 583 g/mol. The first-order chi connectivity index (χ1) is 17.0. The third-order valence-corrected chi connectivity index (χ3v) is 11.2. The minimum atomic E-state index is -1.55. The predicted molar refractivity (Wildman–Crippen MR) is 156 cm³/mol. The first-order valence-corrected chi connectivity index (χ1v) is 18.1. The van der Waals surface area contributed by atoms with Crippen molar-refractivity contribution < 1.29 is 23.9 Å². The molecule has 3 atom stereocenters. The van der Waals surface area contributed by atoms with E-state index in [2.05, 4.69) is 33.9 Å². The number of para-hydroxylation sites is 1. The largest absolute Gasteiger partial charge is 0.510 e. The van der Waals surface area contributed by atoms with Crippen LogP contribution in [0.4, 0.5) is 0 Å². The average Bonchev–Trinajstić information content (AvgIpc) is 3.14. The zero-order valence-electron chi connectivity index (χ0n) is 23.2. The number of aliphatic hydroxyl groups excluding tert-OH is 1. The van der Waals surface area contributed by atoms with E-state index in [0.29, 0.717) is 0 Å². The van der Waals surface area contributed by atoms with E-state index in [-0.39, 0.29) is 22.8 Å². The van der Waals surface area contributed by atoms with Crippen molar-refractivity contribution in [3.05, 3.63) is 35.7 Å². The summed E-state index contributed by atoms with van der Waals surface area (Å²) >= 11 is 1.58. The Morgan fingerprint density at radius 2 is 1.76 bits per heavy atom. The highest BCUT2D eigenvalue weighted by molar-refractivity contribution is 8.77. The maximum Gasteiger partial charge on any atom is 0.359 e. The fourth-order valence-corrected chi connectivity index (χ4v) is 9.82. The smallest absolute Gasteiger partial charge is 0.359 e. The van der Waals surface area contributed by atoms with Gasteiger partial charge in [-0.15, -0.1) is 11.3 Å². The highest BCUT2D eigenvalue weighted by Crippen LogP contribution is 2.55. The number of fused-ring (bicyclic) bond motifs is 1. The van der Waals surface area contributed by atoms with Crippen LogP contribution in [0.2, 0.25) is 13.1 Å². The molecule has 7 nitrogen and oxygen atoms in total. The lowest BCUT2D eigenvalue weighted by atomic mass is 9.66. The number of hydrogen-bond acceptors (Lipinski definition) is 9. The van der Waals surface area contributed by atoms with Crippen molar-refractivity contribution in [2.45, 2.75) is 89.4 Å². The second-order valence-electron chi connectivity index (χ2n) is 11.7. The third-order valence-electron chi connectivity index (χ3n) is 6.27. The van der Waals surface area contributed by atoms with Gasteiger partial charge < -0.3 is 14.3 Å². The van der Waals surface area contributed by atoms with Crippen LogP contribution in [0, 0.1) is 11.3 Å². The molecule has 0 radical (unpaired) electrons. The van der Waals surface area contributed by atoms with E-state index < -0.39 is 37.5 Å². The predicted octanol–water partition coefficient (Wildman–Crippen LogP) is 6.76. The van der Waals surface area contributed by atoms with E-state index in [1.165, 1.54) is 33.4 Å². The van der Waals surface area contributed by atoms with Crippen molar-refractivity contribution in [2.24, 2.45) is 11.3 Å². The second kappa shape index (κ2) is 10.9. The number of esters is 1. The van der Waals surface area contributed by atoms with Gasteiger partial charge in [0.2, 0.25) is 5.91 Å². The molecule has 0 aliphatic carbocycles. The summed E-state index contributed by atoms with van der Waals surface area (Å²) in [6, 6.07) is 7.93. The van der Waals surface area contributed by atoms with Crippen molar-refractivity contribution in [3.8, 4) is 0 Å². The highest BCUT2D eigenvalue weighted by atomic mass is 33.1. The summed E-state index contributed by atoms with van der Waals surface area (Å²) in [6.45, 7) is 19.1. The molecule has 11 heteroatoms. The van der Waals surface area contributed by atoms with E-state index in [4.69, 9.17) is 14.1 Å². The molecule has 0 saturated carbocycles. The Morgan fingerprint density at radius 3 is 2.27 bits per heavy atom. The number of amides is 1. The molecule has 0 spiro atoms. The van der Waals surface area contributed by atoms with Crippen LogP contribution in [0.1, 0.15) is 55.4 Å². The van der Waals surface area contributed by atoms with Crippen molar-refractivity contribution >= 4 is 64.1 Å². The van der Waals surface area contributed by atoms with Crippen molar-refractivity contribution in [2.75, 3.05) is 0 Å². The molecule has 1 aliphatic heterocycles. The van der Waals surface area contributed by atoms with Crippen LogP contribution in [-0.2, 0) is 18.8 Å². The summed E-state index contributed by atoms with van der Waals surface area (Å²) in [5.41, 5.74) is -1.13. The number of thiazole rings is 1. The molecule has 204 valence electrons. The summed E-state index contributed by atoms with van der Waals surface area (Å²) in [5, 5.41) is 10.1. The number of nitrogens with zero attached hydrogens (tertiary/aromatic N) is 2. The number of carbonyl (C=O) groups is 2. The molecule has 37 heavy (non-hydrogen) atoms. The fourth-order valence-electron chi connectivity index (χ4n) is 4.24. The molecule has 0 bridgehead atoms. The molecule has 1 aromatic carbocycles. The van der Waals surface area contributed by atoms with E-state index in [0.717, 1.165) is 14.6 Å². The van der Waals surface area contributed by atoms with Crippen LogP contribution in [0.15, 0.2) is 40.1 Å². The molecule has 2 heterocycles. The van der Waals surface area contributed by atoms with Crippen LogP contribution in [-0.4, -0.2) is 52.5 Å².